The lowest BCUT2D eigenvalue weighted by Crippen LogP contribution is -2.07. The Hall–Kier alpha value is -3.30. The molecule has 4 nitrogen and oxygen atoms in total. The number of hydrogen-bond donors (Lipinski definition) is 2. The van der Waals surface area contributed by atoms with Gasteiger partial charge in [-0.25, -0.2) is 9.97 Å². The second-order valence-corrected chi connectivity index (χ2v) is 17.9. The van der Waals surface area contributed by atoms with Gasteiger partial charge in [-0.2, -0.15) is 0 Å². The van der Waals surface area contributed by atoms with Crippen LogP contribution >= 0.6 is 63.7 Å². The van der Waals surface area contributed by atoms with E-state index in [9.17, 15) is 0 Å². The zero-order chi connectivity index (χ0) is 34.0. The fourth-order valence-corrected chi connectivity index (χ4v) is 8.94. The fraction of sp³-hybridized carbons (Fsp3) is 0.150. The lowest BCUT2D eigenvalue weighted by Gasteiger charge is -2.13. The van der Waals surface area contributed by atoms with Crippen molar-refractivity contribution in [1.29, 1.82) is 0 Å². The normalized spacial score (nSPS) is 12.2. The van der Waals surface area contributed by atoms with Gasteiger partial charge in [-0.05, 0) is 187 Å². The Morgan fingerprint density at radius 2 is 0.750 bits per heavy atom. The number of H-pyrrole nitrogens is 2. The van der Waals surface area contributed by atoms with Gasteiger partial charge < -0.3 is 9.97 Å². The highest BCUT2D eigenvalue weighted by Gasteiger charge is 2.19. The van der Waals surface area contributed by atoms with Crippen molar-refractivity contribution in [1.82, 2.24) is 19.9 Å². The molecule has 2 N–H and O–H groups in total. The summed E-state index contributed by atoms with van der Waals surface area (Å²) in [5.41, 5.74) is 19.0. The molecular weight excluding hydrogens is 856 g/mol. The maximum atomic E-state index is 5.31. The number of aromatic nitrogens is 4. The Morgan fingerprint density at radius 3 is 1.08 bits per heavy atom. The molecule has 8 heteroatoms. The van der Waals surface area contributed by atoms with Crippen LogP contribution in [0.1, 0.15) is 56.2 Å². The molecule has 7 rings (SSSR count). The van der Waals surface area contributed by atoms with E-state index in [1.54, 1.807) is 0 Å². The molecule has 2 aliphatic rings. The number of halogens is 4. The first-order valence-corrected chi connectivity index (χ1v) is 18.8. The van der Waals surface area contributed by atoms with Crippen molar-refractivity contribution < 1.29 is 0 Å². The second kappa shape index (κ2) is 12.9. The highest BCUT2D eigenvalue weighted by Crippen LogP contribution is 2.37. The fourth-order valence-electron chi connectivity index (χ4n) is 7.28. The summed E-state index contributed by atoms with van der Waals surface area (Å²) in [5.74, 6) is 0. The van der Waals surface area contributed by atoms with Crippen molar-refractivity contribution in [2.24, 2.45) is 0 Å². The number of nitrogens with zero attached hydrogens (tertiary/aromatic N) is 2. The topological polar surface area (TPSA) is 57.4 Å². The SMILES string of the molecule is Cc1cc(C)c(-c2c3nc(c(=C(Br)Br)c4ccc([nH]4)c(-c4c(C)cc(C)cc4C)c4nc(c(=C(Br)Br)c5ccc2[nH]5)C=C4)C=C3)c(C)c1. The van der Waals surface area contributed by atoms with Crippen molar-refractivity contribution >= 4 is 117 Å². The summed E-state index contributed by atoms with van der Waals surface area (Å²) < 4.78 is 1.63. The van der Waals surface area contributed by atoms with Crippen molar-refractivity contribution in [3.8, 4) is 22.3 Å². The van der Waals surface area contributed by atoms with Crippen LogP contribution in [0.4, 0.5) is 0 Å². The third-order valence-corrected chi connectivity index (χ3v) is 10.6. The number of benzene rings is 2. The van der Waals surface area contributed by atoms with Crippen LogP contribution < -0.4 is 10.4 Å². The van der Waals surface area contributed by atoms with Crippen LogP contribution in [-0.4, -0.2) is 19.9 Å². The van der Waals surface area contributed by atoms with Gasteiger partial charge in [0, 0.05) is 43.6 Å². The van der Waals surface area contributed by atoms with Gasteiger partial charge in [0.1, 0.15) is 0 Å². The number of aromatic amines is 2. The lowest BCUT2D eigenvalue weighted by molar-refractivity contribution is 1.27. The predicted molar refractivity (Wildman–Crippen MR) is 220 cm³/mol. The molecular formula is C40H32Br4N4. The predicted octanol–water partition coefficient (Wildman–Crippen LogP) is 11.6. The number of aryl methyl sites for hydroxylation is 6. The Kier molecular flexibility index (Phi) is 8.90. The largest absolute Gasteiger partial charge is 0.354 e. The lowest BCUT2D eigenvalue weighted by atomic mass is 9.92. The molecule has 3 aromatic heterocycles. The van der Waals surface area contributed by atoms with Gasteiger partial charge in [-0.15, -0.1) is 0 Å². The quantitative estimate of drug-likeness (QED) is 0.182. The third-order valence-electron chi connectivity index (χ3n) is 8.99. The Bertz CT molecular complexity index is 2330. The molecule has 0 atom stereocenters. The molecule has 0 amide bonds. The minimum atomic E-state index is 0.815. The summed E-state index contributed by atoms with van der Waals surface area (Å²) in [6.07, 6.45) is 8.43. The van der Waals surface area contributed by atoms with E-state index in [0.717, 1.165) is 73.2 Å². The van der Waals surface area contributed by atoms with E-state index in [1.807, 2.05) is 0 Å². The Labute approximate surface area is 313 Å². The summed E-state index contributed by atoms with van der Waals surface area (Å²) >= 11 is 15.1. The first-order chi connectivity index (χ1) is 22.9. The van der Waals surface area contributed by atoms with Crippen molar-refractivity contribution in [2.45, 2.75) is 41.5 Å². The molecule has 48 heavy (non-hydrogen) atoms. The summed E-state index contributed by atoms with van der Waals surface area (Å²) in [5, 5.41) is 1.87. The number of rotatable bonds is 2. The Balaban J connectivity index is 1.74. The molecule has 0 aliphatic carbocycles. The van der Waals surface area contributed by atoms with Gasteiger partial charge in [0.25, 0.3) is 0 Å². The zero-order valence-corrected chi connectivity index (χ0v) is 33.7. The monoisotopic (exact) mass is 884 g/mol. The van der Waals surface area contributed by atoms with Crippen molar-refractivity contribution in [2.75, 3.05) is 0 Å². The van der Waals surface area contributed by atoms with Gasteiger partial charge in [0.2, 0.25) is 0 Å². The summed E-state index contributed by atoms with van der Waals surface area (Å²) in [4.78, 5) is 18.1. The molecule has 0 radical (unpaired) electrons. The minimum Gasteiger partial charge on any atom is -0.354 e. The molecule has 0 spiro atoms. The van der Waals surface area contributed by atoms with E-state index in [-0.39, 0.29) is 0 Å². The third kappa shape index (κ3) is 5.85. The molecule has 0 saturated heterocycles. The highest BCUT2D eigenvalue weighted by atomic mass is 79.9. The molecule has 5 aromatic rings. The van der Waals surface area contributed by atoms with E-state index in [1.165, 1.54) is 44.5 Å². The summed E-state index contributed by atoms with van der Waals surface area (Å²) in [7, 11) is 0. The van der Waals surface area contributed by atoms with Crippen LogP contribution in [0, 0.1) is 41.5 Å². The molecule has 0 unspecified atom stereocenters. The highest BCUT2D eigenvalue weighted by molar-refractivity contribution is 9.34. The summed E-state index contributed by atoms with van der Waals surface area (Å²) in [6.45, 7) is 13.0. The van der Waals surface area contributed by atoms with Crippen LogP contribution in [0.3, 0.4) is 0 Å². The van der Waals surface area contributed by atoms with Gasteiger partial charge in [0.15, 0.2) is 0 Å². The van der Waals surface area contributed by atoms with E-state index in [4.69, 9.17) is 9.97 Å². The second-order valence-electron chi connectivity index (χ2n) is 12.6. The summed E-state index contributed by atoms with van der Waals surface area (Å²) in [6, 6.07) is 17.5. The van der Waals surface area contributed by atoms with Crippen molar-refractivity contribution in [3.05, 3.63) is 115 Å². The average molecular weight is 888 g/mol. The van der Waals surface area contributed by atoms with Gasteiger partial charge >= 0.3 is 0 Å². The van der Waals surface area contributed by atoms with Crippen LogP contribution in [0.15, 0.2) is 48.5 Å². The van der Waals surface area contributed by atoms with Gasteiger partial charge in [-0.3, -0.25) is 0 Å². The number of hydrogen-bond acceptors (Lipinski definition) is 2. The first-order valence-electron chi connectivity index (χ1n) is 15.6. The molecule has 8 bridgehead atoms. The molecule has 0 saturated carbocycles. The van der Waals surface area contributed by atoms with E-state index < -0.39 is 0 Å². The molecule has 5 heterocycles. The maximum absolute atomic E-state index is 5.31. The van der Waals surface area contributed by atoms with E-state index in [2.05, 4.69) is 188 Å². The molecule has 2 aliphatic heterocycles. The zero-order valence-electron chi connectivity index (χ0n) is 27.3. The minimum absolute atomic E-state index is 0.815. The molecule has 0 fully saturated rings. The standard InChI is InChI=1S/C40H32Br4N4/c1-19-15-21(3)33(22(4)16-19)35-25-7-11-29(45-25)37(39(41)42)31-13-9-27(47-31)36(34-23(5)17-20(2)18-24(34)6)28-10-14-32(48-28)38(40(43)44)30-12-8-26(35)46-30/h7-18,45,48H,1-6H3. The maximum Gasteiger partial charge on any atom is 0.0748 e. The number of fused-ring (bicyclic) bond motifs is 8. The number of nitrogens with one attached hydrogen (secondary N) is 2. The van der Waals surface area contributed by atoms with Crippen LogP contribution in [0.2, 0.25) is 0 Å². The van der Waals surface area contributed by atoms with Crippen molar-refractivity contribution in [3.63, 3.8) is 0 Å². The molecule has 240 valence electrons. The smallest absolute Gasteiger partial charge is 0.0748 e. The van der Waals surface area contributed by atoms with Crippen LogP contribution in [0.25, 0.3) is 75.4 Å². The van der Waals surface area contributed by atoms with Gasteiger partial charge in [0.05, 0.1) is 29.6 Å². The van der Waals surface area contributed by atoms with Gasteiger partial charge in [-0.1, -0.05) is 35.4 Å². The average Bonchev–Trinajstić information content (AvgIpc) is 3.81. The molecule has 2 aromatic carbocycles. The van der Waals surface area contributed by atoms with Crippen LogP contribution in [0.5, 0.6) is 0 Å². The van der Waals surface area contributed by atoms with E-state index >= 15 is 0 Å². The first kappa shape index (κ1) is 33.2. The van der Waals surface area contributed by atoms with Crippen LogP contribution in [-0.2, 0) is 0 Å². The Morgan fingerprint density at radius 1 is 0.438 bits per heavy atom. The van der Waals surface area contributed by atoms with E-state index in [0.29, 0.717) is 0 Å².